The number of halogens is 6. The largest absolute Gasteiger partial charge is 0.491 e. The average molecular weight is 572 g/mol. The Kier molecular flexibility index (Phi) is 7.84. The molecule has 1 aliphatic heterocycles. The summed E-state index contributed by atoms with van der Waals surface area (Å²) in [7, 11) is 0. The fourth-order valence-electron chi connectivity index (χ4n) is 3.83. The number of hydrogen-bond acceptors (Lipinski definition) is 9. The summed E-state index contributed by atoms with van der Waals surface area (Å²) in [6.45, 7) is 3.27. The van der Waals surface area contributed by atoms with E-state index in [1.807, 2.05) is 0 Å². The first-order valence-electron chi connectivity index (χ1n) is 11.7. The van der Waals surface area contributed by atoms with Gasteiger partial charge in [-0.2, -0.15) is 31.4 Å². The Bertz CT molecular complexity index is 1430. The number of nitrogens with zero attached hydrogens (tertiary/aromatic N) is 6. The minimum atomic E-state index is -4.90. The average Bonchev–Trinajstić information content (AvgIpc) is 2.87. The van der Waals surface area contributed by atoms with Crippen LogP contribution in [0.2, 0.25) is 0 Å². The number of amides is 1. The zero-order valence-electron chi connectivity index (χ0n) is 21.0. The van der Waals surface area contributed by atoms with Gasteiger partial charge in [-0.25, -0.2) is 20.1 Å². The number of pyridine rings is 1. The fourth-order valence-corrected chi connectivity index (χ4v) is 3.83. The van der Waals surface area contributed by atoms with E-state index in [1.54, 1.807) is 18.9 Å². The number of H-pyrrole nitrogens is 1. The molecule has 0 aliphatic carbocycles. The van der Waals surface area contributed by atoms with Gasteiger partial charge in [-0.05, 0) is 13.8 Å². The highest BCUT2D eigenvalue weighted by Gasteiger charge is 2.37. The van der Waals surface area contributed by atoms with Crippen LogP contribution in [0.4, 0.5) is 43.8 Å². The Balaban J connectivity index is 1.40. The van der Waals surface area contributed by atoms with Crippen LogP contribution in [-0.2, 0) is 17.1 Å². The molecule has 1 fully saturated rings. The number of aryl methyl sites for hydroxylation is 1. The van der Waals surface area contributed by atoms with E-state index in [9.17, 15) is 35.9 Å². The number of aromatic nitrogens is 5. The van der Waals surface area contributed by atoms with Gasteiger partial charge in [0.05, 0.1) is 23.5 Å². The summed E-state index contributed by atoms with van der Waals surface area (Å²) in [4.78, 5) is 39.0. The molecule has 11 nitrogen and oxygen atoms in total. The second-order valence-electron chi connectivity index (χ2n) is 8.89. The first-order chi connectivity index (χ1) is 18.7. The van der Waals surface area contributed by atoms with Crippen LogP contribution in [0.25, 0.3) is 0 Å². The molecule has 4 heterocycles. The predicted molar refractivity (Wildman–Crippen MR) is 129 cm³/mol. The Hall–Kier alpha value is -4.44. The van der Waals surface area contributed by atoms with Gasteiger partial charge in [-0.3, -0.25) is 14.5 Å². The van der Waals surface area contributed by atoms with Crippen LogP contribution in [0.5, 0.6) is 5.75 Å². The van der Waals surface area contributed by atoms with Crippen LogP contribution < -0.4 is 25.4 Å². The number of ether oxygens (including phenoxy) is 1. The second kappa shape index (κ2) is 11.0. The van der Waals surface area contributed by atoms with Crippen LogP contribution in [0.15, 0.2) is 35.6 Å². The number of anilines is 3. The molecule has 40 heavy (non-hydrogen) atoms. The van der Waals surface area contributed by atoms with Crippen molar-refractivity contribution in [3.63, 3.8) is 0 Å². The molecule has 17 heteroatoms. The minimum absolute atomic E-state index is 0.0207. The molecule has 0 spiro atoms. The maximum Gasteiger partial charge on any atom is 0.423 e. The quantitative estimate of drug-likeness (QED) is 0.411. The van der Waals surface area contributed by atoms with Crippen molar-refractivity contribution in [2.24, 2.45) is 0 Å². The van der Waals surface area contributed by atoms with Gasteiger partial charge < -0.3 is 15.0 Å². The molecule has 4 rings (SSSR count). The van der Waals surface area contributed by atoms with Crippen molar-refractivity contribution < 1.29 is 35.9 Å². The van der Waals surface area contributed by atoms with E-state index in [2.05, 4.69) is 25.4 Å². The van der Waals surface area contributed by atoms with Gasteiger partial charge in [0.1, 0.15) is 30.3 Å². The van der Waals surface area contributed by atoms with Crippen molar-refractivity contribution >= 4 is 23.4 Å². The maximum atomic E-state index is 13.3. The van der Waals surface area contributed by atoms with Crippen LogP contribution >= 0.6 is 0 Å². The van der Waals surface area contributed by atoms with E-state index in [0.717, 1.165) is 6.20 Å². The summed E-state index contributed by atoms with van der Waals surface area (Å²) in [5.74, 6) is 0.138. The number of carbonyl (C=O) groups is 1. The topological polar surface area (TPSA) is 129 Å². The van der Waals surface area contributed by atoms with E-state index in [4.69, 9.17) is 4.74 Å². The van der Waals surface area contributed by atoms with E-state index in [0.29, 0.717) is 23.7 Å². The van der Waals surface area contributed by atoms with Crippen molar-refractivity contribution in [2.45, 2.75) is 32.2 Å². The zero-order chi connectivity index (χ0) is 29.2. The molecule has 1 atom stereocenters. The lowest BCUT2D eigenvalue weighted by Gasteiger charge is -2.33. The third kappa shape index (κ3) is 6.40. The molecule has 214 valence electrons. The first-order valence-corrected chi connectivity index (χ1v) is 11.7. The Morgan fingerprint density at radius 2 is 1.73 bits per heavy atom. The summed E-state index contributed by atoms with van der Waals surface area (Å²) in [6.07, 6.45) is -5.86. The van der Waals surface area contributed by atoms with E-state index >= 15 is 0 Å². The Morgan fingerprint density at radius 1 is 1.02 bits per heavy atom. The predicted octanol–water partition coefficient (Wildman–Crippen LogP) is 3.03. The van der Waals surface area contributed by atoms with Gasteiger partial charge in [-0.15, -0.1) is 0 Å². The van der Waals surface area contributed by atoms with Gasteiger partial charge in [0.15, 0.2) is 0 Å². The lowest BCUT2D eigenvalue weighted by atomic mass is 10.2. The van der Waals surface area contributed by atoms with Gasteiger partial charge in [-0.1, -0.05) is 0 Å². The smallest absolute Gasteiger partial charge is 0.423 e. The summed E-state index contributed by atoms with van der Waals surface area (Å²) in [5, 5.41) is 7.75. The lowest BCUT2D eigenvalue weighted by Crippen LogP contribution is -2.51. The highest BCUT2D eigenvalue weighted by atomic mass is 19.4. The van der Waals surface area contributed by atoms with E-state index in [1.165, 1.54) is 22.1 Å². The molecule has 1 aliphatic rings. The molecule has 3 aromatic heterocycles. The number of hydrogen-bond donors (Lipinski definition) is 2. The molecular weight excluding hydrogens is 550 g/mol. The number of rotatable bonds is 7. The van der Waals surface area contributed by atoms with Crippen molar-refractivity contribution in [1.29, 1.82) is 0 Å². The van der Waals surface area contributed by atoms with Crippen molar-refractivity contribution in [3.8, 4) is 5.75 Å². The molecule has 2 N–H and O–H groups in total. The minimum Gasteiger partial charge on any atom is -0.491 e. The molecule has 0 aromatic carbocycles. The fraction of sp³-hybridized carbons (Fsp3) is 0.391. The number of piperazine rings is 1. The summed E-state index contributed by atoms with van der Waals surface area (Å²) in [6, 6.07) is 0.815. The summed E-state index contributed by atoms with van der Waals surface area (Å²) < 4.78 is 83.9. The molecule has 0 bridgehead atoms. The van der Waals surface area contributed by atoms with Crippen LogP contribution in [0.1, 0.15) is 23.6 Å². The number of aromatic amines is 1. The normalized spacial score (nSPS) is 15.2. The highest BCUT2D eigenvalue weighted by molar-refractivity contribution is 5.96. The highest BCUT2D eigenvalue weighted by Crippen LogP contribution is 2.32. The molecule has 3 aromatic rings. The SMILES string of the molecule is Cc1cnc(N2CCN(c3ncc(C(F)(F)F)cn3)CC2=O)cc1OCC(C)Nc1cn[nH]c(=O)c1C(F)(F)F. The molecule has 0 saturated carbocycles. The lowest BCUT2D eigenvalue weighted by molar-refractivity contribution is -0.139. The number of alkyl halides is 6. The zero-order valence-corrected chi connectivity index (χ0v) is 21.0. The van der Waals surface area contributed by atoms with E-state index < -0.39 is 46.7 Å². The van der Waals surface area contributed by atoms with E-state index in [-0.39, 0.29) is 38.0 Å². The summed E-state index contributed by atoms with van der Waals surface area (Å²) >= 11 is 0. The molecular formula is C23H22F6N8O3. The molecule has 1 amide bonds. The Morgan fingerprint density at radius 3 is 2.35 bits per heavy atom. The molecule has 1 unspecified atom stereocenters. The first kappa shape index (κ1) is 28.6. The van der Waals surface area contributed by atoms with Gasteiger partial charge in [0, 0.05) is 43.3 Å². The maximum absolute atomic E-state index is 13.3. The molecule has 1 saturated heterocycles. The third-order valence-corrected chi connectivity index (χ3v) is 5.82. The van der Waals surface area contributed by atoms with Gasteiger partial charge in [0.2, 0.25) is 11.9 Å². The van der Waals surface area contributed by atoms with Gasteiger partial charge >= 0.3 is 12.4 Å². The standard InChI is InChI=1S/C23H22F6N8O3/c1-12-6-30-17(37-4-3-36(10-18(37)38)21-31-7-14(8-32-21)22(24,25)26)5-16(12)40-11-13(2)34-15-9-33-35-20(39)19(15)23(27,28)29/h5-9,13H,3-4,10-11H2,1-2H3,(H2,34,35,39). The molecule has 0 radical (unpaired) electrons. The monoisotopic (exact) mass is 572 g/mol. The van der Waals surface area contributed by atoms with Crippen LogP contribution in [0, 0.1) is 6.92 Å². The Labute approximate surface area is 222 Å². The number of carbonyl (C=O) groups excluding carboxylic acids is 1. The summed E-state index contributed by atoms with van der Waals surface area (Å²) in [5.41, 5.74) is -3.70. The van der Waals surface area contributed by atoms with Crippen molar-refractivity contribution in [1.82, 2.24) is 25.1 Å². The van der Waals surface area contributed by atoms with Crippen LogP contribution in [-0.4, -0.2) is 63.3 Å². The van der Waals surface area contributed by atoms with Crippen LogP contribution in [0.3, 0.4) is 0 Å². The van der Waals surface area contributed by atoms with Crippen molar-refractivity contribution in [3.05, 3.63) is 57.9 Å². The van der Waals surface area contributed by atoms with Crippen molar-refractivity contribution in [2.75, 3.05) is 41.4 Å². The number of nitrogens with one attached hydrogen (secondary N) is 2. The third-order valence-electron chi connectivity index (χ3n) is 5.82. The second-order valence-corrected chi connectivity index (χ2v) is 8.89. The van der Waals surface area contributed by atoms with Gasteiger partial charge in [0.25, 0.3) is 5.56 Å².